The summed E-state index contributed by atoms with van der Waals surface area (Å²) in [5.74, 6) is 1.91. The second-order valence-corrected chi connectivity index (χ2v) is 28.3. The summed E-state index contributed by atoms with van der Waals surface area (Å²) in [6.07, 6.45) is 5.67. The maximum Gasteiger partial charge on any atom is 0.341 e. The number of rotatable bonds is 16. The van der Waals surface area contributed by atoms with E-state index in [9.17, 15) is 4.79 Å². The van der Waals surface area contributed by atoms with Crippen LogP contribution in [0.2, 0.25) is 36.3 Å². The number of ether oxygens (including phenoxy) is 2. The Morgan fingerprint density at radius 3 is 1.86 bits per heavy atom. The molecule has 0 aliphatic carbocycles. The monoisotopic (exact) mass is 814 g/mol. The fraction of sp³-hybridized carbons (Fsp3) is 0.500. The van der Waals surface area contributed by atoms with E-state index < -0.39 is 22.7 Å². The summed E-state index contributed by atoms with van der Waals surface area (Å²) in [6.45, 7) is 33.1. The lowest BCUT2D eigenvalue weighted by Gasteiger charge is -2.38. The zero-order valence-electron chi connectivity index (χ0n) is 36.6. The quantitative estimate of drug-likeness (QED) is 0.0839. The van der Waals surface area contributed by atoms with Gasteiger partial charge in [0.25, 0.3) is 0 Å². The molecule has 4 rings (SSSR count). The third-order valence-electron chi connectivity index (χ3n) is 11.2. The van der Waals surface area contributed by atoms with Gasteiger partial charge in [-0.05, 0) is 89.2 Å². The molecule has 2 aromatic carbocycles. The van der Waals surface area contributed by atoms with Gasteiger partial charge in [-0.3, -0.25) is 9.88 Å². The van der Waals surface area contributed by atoms with E-state index in [1.165, 1.54) is 5.56 Å². The van der Waals surface area contributed by atoms with Crippen LogP contribution in [0.5, 0.6) is 11.5 Å². The van der Waals surface area contributed by atoms with Crippen molar-refractivity contribution in [3.05, 3.63) is 102 Å². The first kappa shape index (κ1) is 45.6. The average Bonchev–Trinajstić information content (AvgIpc) is 3.12. The zero-order chi connectivity index (χ0) is 42.1. The largest absolute Gasteiger partial charge is 0.462 e. The van der Waals surface area contributed by atoms with Gasteiger partial charge in [-0.2, -0.15) is 0 Å². The number of amides is 2. The SMILES string of the molecule is CC(C)(C)C1=COC(c2ccc(CN(CCO[Si](C)(C)C(C)(C)C)CCO[Si](C)(C)C(C)(C)C)cc2)=C(N=NNC(=O)Nc2ccc(Oc3ccncc3)cc2)C1. The Morgan fingerprint density at radius 1 is 0.789 bits per heavy atom. The van der Waals surface area contributed by atoms with Crippen LogP contribution in [0.1, 0.15) is 79.9 Å². The maximum atomic E-state index is 12.8. The molecule has 0 saturated carbocycles. The first-order chi connectivity index (χ1) is 26.5. The molecule has 0 saturated heterocycles. The smallest absolute Gasteiger partial charge is 0.341 e. The molecule has 1 aliphatic heterocycles. The molecular weight excluding hydrogens is 749 g/mol. The first-order valence-corrected chi connectivity index (χ1v) is 25.7. The predicted molar refractivity (Wildman–Crippen MR) is 236 cm³/mol. The number of carbonyl (C=O) groups excluding carboxylic acids is 1. The molecule has 2 N–H and O–H groups in total. The van der Waals surface area contributed by atoms with Crippen molar-refractivity contribution in [3.63, 3.8) is 0 Å². The second-order valence-electron chi connectivity index (χ2n) is 18.7. The number of hydrogen-bond donors (Lipinski definition) is 2. The Labute approximate surface area is 343 Å². The van der Waals surface area contributed by atoms with Crippen molar-refractivity contribution in [2.75, 3.05) is 31.6 Å². The molecule has 0 radical (unpaired) electrons. The van der Waals surface area contributed by atoms with E-state index in [0.29, 0.717) is 48.3 Å². The second kappa shape index (κ2) is 19.1. The summed E-state index contributed by atoms with van der Waals surface area (Å²) in [7, 11) is -3.74. The van der Waals surface area contributed by atoms with Gasteiger partial charge < -0.3 is 23.6 Å². The Hall–Kier alpha value is -4.15. The molecule has 1 aromatic heterocycles. The minimum absolute atomic E-state index is 0.139. The van der Waals surface area contributed by atoms with Crippen molar-refractivity contribution in [1.29, 1.82) is 0 Å². The number of aromatic nitrogens is 1. The number of carbonyl (C=O) groups is 1. The van der Waals surface area contributed by atoms with Gasteiger partial charge in [-0.15, -0.1) is 5.11 Å². The Kier molecular flexibility index (Phi) is 15.2. The number of allylic oxidation sites excluding steroid dienone is 1. The van der Waals surface area contributed by atoms with Crippen LogP contribution in [0.4, 0.5) is 10.5 Å². The van der Waals surface area contributed by atoms with Crippen LogP contribution in [-0.2, 0) is 20.1 Å². The topological polar surface area (TPSA) is 119 Å². The Balaban J connectivity index is 1.45. The summed E-state index contributed by atoms with van der Waals surface area (Å²) in [5.41, 5.74) is 6.70. The van der Waals surface area contributed by atoms with Crippen LogP contribution >= 0.6 is 0 Å². The number of nitrogens with zero attached hydrogens (tertiary/aromatic N) is 4. The summed E-state index contributed by atoms with van der Waals surface area (Å²) in [4.78, 5) is 19.2. The minimum atomic E-state index is -1.87. The molecule has 0 fully saturated rings. The molecular formula is C44H66N6O5Si2. The van der Waals surface area contributed by atoms with E-state index in [0.717, 1.165) is 30.8 Å². The van der Waals surface area contributed by atoms with Crippen molar-refractivity contribution in [2.24, 2.45) is 15.8 Å². The molecule has 2 amide bonds. The van der Waals surface area contributed by atoms with E-state index in [4.69, 9.17) is 18.3 Å². The Bertz CT molecular complexity index is 1830. The van der Waals surface area contributed by atoms with E-state index in [1.54, 1.807) is 48.8 Å². The number of nitrogens with one attached hydrogen (secondary N) is 2. The van der Waals surface area contributed by atoms with Crippen LogP contribution in [0.3, 0.4) is 0 Å². The van der Waals surface area contributed by atoms with Crippen LogP contribution in [0, 0.1) is 5.41 Å². The van der Waals surface area contributed by atoms with E-state index in [1.807, 2.05) is 6.26 Å². The average molecular weight is 815 g/mol. The number of benzene rings is 2. The fourth-order valence-corrected chi connectivity index (χ4v) is 7.35. The van der Waals surface area contributed by atoms with Gasteiger partial charge in [0.2, 0.25) is 0 Å². The van der Waals surface area contributed by atoms with Gasteiger partial charge in [0, 0.05) is 62.9 Å². The van der Waals surface area contributed by atoms with Gasteiger partial charge in [0.1, 0.15) is 17.2 Å². The molecule has 13 heteroatoms. The van der Waals surface area contributed by atoms with Crippen LogP contribution in [0.15, 0.2) is 101 Å². The highest BCUT2D eigenvalue weighted by Gasteiger charge is 2.38. The van der Waals surface area contributed by atoms with E-state index in [-0.39, 0.29) is 15.5 Å². The molecule has 1 aliphatic rings. The molecule has 57 heavy (non-hydrogen) atoms. The molecule has 0 atom stereocenters. The highest BCUT2D eigenvalue weighted by Crippen LogP contribution is 2.39. The van der Waals surface area contributed by atoms with Crippen molar-refractivity contribution < 1.29 is 23.1 Å². The molecule has 2 heterocycles. The molecule has 11 nitrogen and oxygen atoms in total. The molecule has 0 unspecified atom stereocenters. The summed E-state index contributed by atoms with van der Waals surface area (Å²) in [6, 6.07) is 18.5. The summed E-state index contributed by atoms with van der Waals surface area (Å²) >= 11 is 0. The maximum absolute atomic E-state index is 12.8. The first-order valence-electron chi connectivity index (χ1n) is 19.9. The minimum Gasteiger partial charge on any atom is -0.462 e. The lowest BCUT2D eigenvalue weighted by atomic mass is 9.83. The van der Waals surface area contributed by atoms with Gasteiger partial charge in [0.05, 0.1) is 6.26 Å². The number of pyridine rings is 1. The summed E-state index contributed by atoms with van der Waals surface area (Å²) < 4.78 is 25.2. The lowest BCUT2D eigenvalue weighted by Crippen LogP contribution is -2.44. The normalized spacial score (nSPS) is 14.5. The van der Waals surface area contributed by atoms with Gasteiger partial charge in [-0.1, -0.05) is 91.8 Å². The van der Waals surface area contributed by atoms with Crippen molar-refractivity contribution >= 4 is 34.1 Å². The molecule has 3 aromatic rings. The van der Waals surface area contributed by atoms with E-state index in [2.05, 4.69) is 144 Å². The predicted octanol–water partition coefficient (Wildman–Crippen LogP) is 11.9. The number of urea groups is 1. The molecule has 0 bridgehead atoms. The van der Waals surface area contributed by atoms with Crippen LogP contribution in [-0.4, -0.2) is 58.9 Å². The van der Waals surface area contributed by atoms with Crippen molar-refractivity contribution in [3.8, 4) is 11.5 Å². The highest BCUT2D eigenvalue weighted by atomic mass is 28.4. The van der Waals surface area contributed by atoms with Crippen LogP contribution < -0.4 is 15.5 Å². The van der Waals surface area contributed by atoms with E-state index >= 15 is 0 Å². The fourth-order valence-electron chi connectivity index (χ4n) is 5.28. The highest BCUT2D eigenvalue weighted by molar-refractivity contribution is 6.74. The third kappa shape index (κ3) is 13.7. The summed E-state index contributed by atoms with van der Waals surface area (Å²) in [5, 5.41) is 11.6. The van der Waals surface area contributed by atoms with Gasteiger partial charge >= 0.3 is 6.03 Å². The zero-order valence-corrected chi connectivity index (χ0v) is 38.6. The van der Waals surface area contributed by atoms with Crippen LogP contribution in [0.25, 0.3) is 5.76 Å². The number of anilines is 1. The lowest BCUT2D eigenvalue weighted by molar-refractivity contribution is 0.160. The number of hydrogen-bond acceptors (Lipinski definition) is 9. The Morgan fingerprint density at radius 2 is 1.33 bits per heavy atom. The van der Waals surface area contributed by atoms with Crippen molar-refractivity contribution in [2.45, 2.75) is 112 Å². The molecule has 0 spiro atoms. The molecule has 310 valence electrons. The standard InChI is InChI=1S/C44H66N6O5Si2/c1-42(2,3)35-30-39(47-49-48-41(51)46-36-18-20-37(21-19-36)55-38-22-24-45-25-23-38)40(52-32-35)34-16-14-33(15-17-34)31-50(26-28-53-56(10,11)43(4,5)6)27-29-54-57(12,13)44(7,8)9/h14-25,32H,26-31H2,1-13H3,(H2,46,47,48,51). The van der Waals surface area contributed by atoms with Gasteiger partial charge in [0.15, 0.2) is 22.4 Å². The van der Waals surface area contributed by atoms with Crippen molar-refractivity contribution in [1.82, 2.24) is 15.3 Å². The third-order valence-corrected chi connectivity index (χ3v) is 20.3. The van der Waals surface area contributed by atoms with Gasteiger partial charge in [-0.25, -0.2) is 10.2 Å².